The van der Waals surface area contributed by atoms with Gasteiger partial charge < -0.3 is 24.2 Å². The Hall–Kier alpha value is -3.88. The van der Waals surface area contributed by atoms with E-state index in [1.54, 1.807) is 0 Å². The molecule has 2 rings (SSSR count). The monoisotopic (exact) mass is 387 g/mol. The number of esters is 3. The number of hydrogen-bond acceptors (Lipinski definition) is 8. The van der Waals surface area contributed by atoms with E-state index >= 15 is 0 Å². The van der Waals surface area contributed by atoms with Crippen LogP contribution in [0.25, 0.3) is 0 Å². The van der Waals surface area contributed by atoms with Crippen LogP contribution in [0, 0.1) is 0 Å². The van der Waals surface area contributed by atoms with Crippen molar-refractivity contribution in [1.82, 2.24) is 0 Å². The van der Waals surface area contributed by atoms with E-state index in [1.165, 1.54) is 47.5 Å². The van der Waals surface area contributed by atoms with Crippen molar-refractivity contribution in [2.45, 2.75) is 0 Å². The summed E-state index contributed by atoms with van der Waals surface area (Å²) in [5.41, 5.74) is -0.557. The summed E-state index contributed by atoms with van der Waals surface area (Å²) in [6.07, 6.45) is 5.70. The summed E-state index contributed by atoms with van der Waals surface area (Å²) in [7, 11) is 3.43. The zero-order chi connectivity index (χ0) is 20.8. The number of nitrogens with zero attached hydrogens (tertiary/aromatic N) is 1. The number of carboxylic acid groups (broad SMARTS) is 1. The molecule has 0 aromatic heterocycles. The molecular formula is C19H17NO8. The Balaban J connectivity index is 2.83. The topological polar surface area (TPSA) is 119 Å². The maximum absolute atomic E-state index is 12.5. The maximum atomic E-state index is 12.5. The molecule has 1 aromatic carbocycles. The fourth-order valence-corrected chi connectivity index (χ4v) is 2.50. The molecule has 28 heavy (non-hydrogen) atoms. The van der Waals surface area contributed by atoms with Crippen LogP contribution < -0.4 is 4.90 Å². The lowest BCUT2D eigenvalue weighted by Crippen LogP contribution is -2.28. The minimum Gasteiger partial charge on any atom is -0.478 e. The molecule has 0 unspecified atom stereocenters. The summed E-state index contributed by atoms with van der Waals surface area (Å²) in [6.45, 7) is 0. The van der Waals surface area contributed by atoms with Crippen molar-refractivity contribution in [3.05, 3.63) is 65.0 Å². The van der Waals surface area contributed by atoms with Gasteiger partial charge in [-0.3, -0.25) is 0 Å². The van der Waals surface area contributed by atoms with Crippen LogP contribution in [0.5, 0.6) is 0 Å². The summed E-state index contributed by atoms with van der Waals surface area (Å²) in [5, 5.41) is 9.31. The Morgan fingerprint density at radius 1 is 0.893 bits per heavy atom. The van der Waals surface area contributed by atoms with Crippen molar-refractivity contribution in [3.63, 3.8) is 0 Å². The quantitative estimate of drug-likeness (QED) is 0.594. The first-order chi connectivity index (χ1) is 13.3. The van der Waals surface area contributed by atoms with E-state index in [1.807, 2.05) is 0 Å². The standard InChI is InChI=1S/C19H17NO8/c1-26-17(23)12-8-7-11(16(21)22)10-14(12)20-9-5-4-6-13(18(24)27-2)15(20)19(25)28-3/h4-10H,1-3H3,(H,21,22). The van der Waals surface area contributed by atoms with Crippen molar-refractivity contribution in [1.29, 1.82) is 0 Å². The zero-order valence-corrected chi connectivity index (χ0v) is 15.3. The number of hydrogen-bond donors (Lipinski definition) is 1. The van der Waals surface area contributed by atoms with E-state index in [9.17, 15) is 24.3 Å². The number of ether oxygens (including phenoxy) is 3. The summed E-state index contributed by atoms with van der Waals surface area (Å²) in [4.78, 5) is 49.5. The number of carboxylic acids is 1. The minimum absolute atomic E-state index is 0.00787. The zero-order valence-electron chi connectivity index (χ0n) is 15.3. The van der Waals surface area contributed by atoms with Gasteiger partial charge in [-0.1, -0.05) is 6.08 Å². The lowest BCUT2D eigenvalue weighted by atomic mass is 10.1. The second-order valence-corrected chi connectivity index (χ2v) is 5.34. The summed E-state index contributed by atoms with van der Waals surface area (Å²) in [5.74, 6) is -3.72. The molecule has 0 aliphatic carbocycles. The van der Waals surface area contributed by atoms with Crippen LogP contribution >= 0.6 is 0 Å². The Morgan fingerprint density at radius 2 is 1.54 bits per heavy atom. The second-order valence-electron chi connectivity index (χ2n) is 5.34. The third kappa shape index (κ3) is 3.93. The molecule has 0 saturated heterocycles. The molecule has 146 valence electrons. The van der Waals surface area contributed by atoms with Gasteiger partial charge in [0.05, 0.1) is 43.7 Å². The van der Waals surface area contributed by atoms with Crippen molar-refractivity contribution in [3.8, 4) is 0 Å². The third-order valence-corrected chi connectivity index (χ3v) is 3.80. The van der Waals surface area contributed by atoms with E-state index in [0.717, 1.165) is 21.3 Å². The largest absolute Gasteiger partial charge is 0.478 e. The van der Waals surface area contributed by atoms with Crippen LogP contribution in [-0.4, -0.2) is 50.3 Å². The molecule has 0 atom stereocenters. The number of methoxy groups -OCH3 is 3. The highest BCUT2D eigenvalue weighted by Crippen LogP contribution is 2.31. The molecule has 1 aromatic rings. The van der Waals surface area contributed by atoms with E-state index < -0.39 is 23.9 Å². The van der Waals surface area contributed by atoms with Gasteiger partial charge in [-0.05, 0) is 30.4 Å². The molecule has 0 spiro atoms. The highest BCUT2D eigenvalue weighted by molar-refractivity contribution is 6.07. The fraction of sp³-hybridized carbons (Fsp3) is 0.158. The Kier molecular flexibility index (Phi) is 6.33. The lowest BCUT2D eigenvalue weighted by molar-refractivity contribution is -0.139. The van der Waals surface area contributed by atoms with Crippen molar-refractivity contribution in [2.75, 3.05) is 26.2 Å². The number of carbonyl (C=O) groups is 4. The molecule has 0 fully saturated rings. The van der Waals surface area contributed by atoms with E-state index in [2.05, 4.69) is 0 Å². The molecule has 1 N–H and O–H groups in total. The first-order valence-electron chi connectivity index (χ1n) is 7.86. The lowest BCUT2D eigenvalue weighted by Gasteiger charge is -2.25. The molecule has 0 amide bonds. The molecular weight excluding hydrogens is 370 g/mol. The summed E-state index contributed by atoms with van der Waals surface area (Å²) < 4.78 is 14.2. The molecule has 1 aliphatic rings. The minimum atomic E-state index is -1.24. The predicted molar refractivity (Wildman–Crippen MR) is 96.6 cm³/mol. The van der Waals surface area contributed by atoms with Crippen LogP contribution in [0.3, 0.4) is 0 Å². The highest BCUT2D eigenvalue weighted by atomic mass is 16.5. The SMILES string of the molecule is COC(=O)C1=C(C(=O)OC)N(c2cc(C(=O)O)ccc2C(=O)OC)C=CC=C1. The van der Waals surface area contributed by atoms with Gasteiger partial charge in [-0.2, -0.15) is 0 Å². The molecule has 0 saturated carbocycles. The van der Waals surface area contributed by atoms with Gasteiger partial charge in [0.25, 0.3) is 0 Å². The van der Waals surface area contributed by atoms with Crippen molar-refractivity contribution < 1.29 is 38.5 Å². The predicted octanol–water partition coefficient (Wildman–Crippen LogP) is 1.66. The Bertz CT molecular complexity index is 926. The van der Waals surface area contributed by atoms with Gasteiger partial charge in [-0.25, -0.2) is 19.2 Å². The first-order valence-corrected chi connectivity index (χ1v) is 7.86. The highest BCUT2D eigenvalue weighted by Gasteiger charge is 2.30. The normalized spacial score (nSPS) is 13.0. The maximum Gasteiger partial charge on any atom is 0.355 e. The van der Waals surface area contributed by atoms with Gasteiger partial charge in [0.1, 0.15) is 5.70 Å². The van der Waals surface area contributed by atoms with E-state index in [4.69, 9.17) is 14.2 Å². The van der Waals surface area contributed by atoms with Crippen molar-refractivity contribution >= 4 is 29.6 Å². The average Bonchev–Trinajstić information content (AvgIpc) is 2.94. The Labute approximate surface area is 160 Å². The number of anilines is 1. The second kappa shape index (κ2) is 8.67. The van der Waals surface area contributed by atoms with Gasteiger partial charge in [-0.15, -0.1) is 0 Å². The van der Waals surface area contributed by atoms with Crippen LogP contribution in [-0.2, 0) is 23.8 Å². The number of allylic oxidation sites excluding steroid dienone is 2. The van der Waals surface area contributed by atoms with E-state index in [-0.39, 0.29) is 28.1 Å². The number of benzene rings is 1. The van der Waals surface area contributed by atoms with Gasteiger partial charge in [0, 0.05) is 6.20 Å². The Morgan fingerprint density at radius 3 is 2.11 bits per heavy atom. The van der Waals surface area contributed by atoms with Crippen LogP contribution in [0.1, 0.15) is 20.7 Å². The molecule has 9 nitrogen and oxygen atoms in total. The summed E-state index contributed by atoms with van der Waals surface area (Å²) >= 11 is 0. The number of aromatic carboxylic acids is 1. The smallest absolute Gasteiger partial charge is 0.355 e. The molecule has 1 aliphatic heterocycles. The van der Waals surface area contributed by atoms with Gasteiger partial charge in [0.15, 0.2) is 0 Å². The van der Waals surface area contributed by atoms with Crippen LogP contribution in [0.4, 0.5) is 5.69 Å². The number of rotatable bonds is 5. The molecule has 0 bridgehead atoms. The van der Waals surface area contributed by atoms with Crippen LogP contribution in [0.2, 0.25) is 0 Å². The van der Waals surface area contributed by atoms with Gasteiger partial charge in [0.2, 0.25) is 0 Å². The average molecular weight is 387 g/mol. The third-order valence-electron chi connectivity index (χ3n) is 3.80. The molecule has 1 heterocycles. The van der Waals surface area contributed by atoms with Crippen molar-refractivity contribution in [2.24, 2.45) is 0 Å². The van der Waals surface area contributed by atoms with Crippen LogP contribution in [0.15, 0.2) is 53.9 Å². The van der Waals surface area contributed by atoms with Gasteiger partial charge >= 0.3 is 23.9 Å². The van der Waals surface area contributed by atoms with E-state index in [0.29, 0.717) is 0 Å². The fourth-order valence-electron chi connectivity index (χ4n) is 2.50. The first kappa shape index (κ1) is 20.4. The molecule has 9 heteroatoms. The number of carbonyl (C=O) groups excluding carboxylic acids is 3. The molecule has 0 radical (unpaired) electrons. The summed E-state index contributed by atoms with van der Waals surface area (Å²) in [6, 6.07) is 3.66.